The first-order valence-corrected chi connectivity index (χ1v) is 18.7. The molecule has 2 aliphatic rings. The molecule has 0 radical (unpaired) electrons. The fourth-order valence-corrected chi connectivity index (χ4v) is 9.68. The molecule has 0 bridgehead atoms. The summed E-state index contributed by atoms with van der Waals surface area (Å²) in [6.07, 6.45) is 0. The zero-order chi connectivity index (χ0) is 35.3. The second-order valence-electron chi connectivity index (χ2n) is 15.1. The van der Waals surface area contributed by atoms with Crippen molar-refractivity contribution >= 4 is 21.5 Å². The second kappa shape index (κ2) is 11.2. The Morgan fingerprint density at radius 2 is 0.736 bits per heavy atom. The molecule has 2 aliphatic carbocycles. The molecule has 11 rings (SSSR count). The van der Waals surface area contributed by atoms with Crippen molar-refractivity contribution in [1.82, 2.24) is 0 Å². The summed E-state index contributed by atoms with van der Waals surface area (Å²) in [6.45, 7) is 4.80. The van der Waals surface area contributed by atoms with Gasteiger partial charge in [-0.05, 0) is 123 Å². The van der Waals surface area contributed by atoms with Gasteiger partial charge in [-0.1, -0.05) is 184 Å². The SMILES string of the molecule is CC1(C)c2ccccc2-c2cc3c(-c4ccccc4-c4ccccc4)c4c(c(-c5ccccc5-c5ccccc5)c3cc21)-c1cccc2cccc-4c12. The summed E-state index contributed by atoms with van der Waals surface area (Å²) in [7, 11) is 0. The Morgan fingerprint density at radius 1 is 0.302 bits per heavy atom. The number of benzene rings is 9. The smallest absolute Gasteiger partial charge is 0.0159 e. The van der Waals surface area contributed by atoms with Gasteiger partial charge in [0, 0.05) is 5.41 Å². The van der Waals surface area contributed by atoms with E-state index in [-0.39, 0.29) is 5.41 Å². The van der Waals surface area contributed by atoms with Gasteiger partial charge in [-0.25, -0.2) is 0 Å². The lowest BCUT2D eigenvalue weighted by Gasteiger charge is -2.26. The highest BCUT2D eigenvalue weighted by Crippen LogP contribution is 2.61. The number of hydrogen-bond acceptors (Lipinski definition) is 0. The maximum absolute atomic E-state index is 2.57. The molecule has 248 valence electrons. The van der Waals surface area contributed by atoms with Crippen LogP contribution in [-0.2, 0) is 5.41 Å². The Morgan fingerprint density at radius 3 is 1.28 bits per heavy atom. The van der Waals surface area contributed by atoms with Crippen LogP contribution >= 0.6 is 0 Å². The summed E-state index contributed by atoms with van der Waals surface area (Å²) in [5.41, 5.74) is 20.7. The molecule has 9 aromatic carbocycles. The first kappa shape index (κ1) is 30.2. The highest BCUT2D eigenvalue weighted by molar-refractivity contribution is 6.29. The van der Waals surface area contributed by atoms with Crippen molar-refractivity contribution < 1.29 is 0 Å². The van der Waals surface area contributed by atoms with Crippen LogP contribution in [0.2, 0.25) is 0 Å². The Bertz CT molecular complexity index is 2940. The van der Waals surface area contributed by atoms with Gasteiger partial charge in [-0.3, -0.25) is 0 Å². The number of hydrogen-bond donors (Lipinski definition) is 0. The molecule has 53 heavy (non-hydrogen) atoms. The van der Waals surface area contributed by atoms with Crippen LogP contribution in [0.4, 0.5) is 0 Å². The summed E-state index contributed by atoms with van der Waals surface area (Å²) in [5, 5.41) is 5.22. The Kier molecular flexibility index (Phi) is 6.40. The summed E-state index contributed by atoms with van der Waals surface area (Å²) in [6, 6.07) is 67.8. The van der Waals surface area contributed by atoms with Crippen molar-refractivity contribution in [3.8, 4) is 77.9 Å². The molecule has 0 unspecified atom stereocenters. The van der Waals surface area contributed by atoms with E-state index in [0.717, 1.165) is 0 Å². The molecule has 0 heteroatoms. The number of rotatable bonds is 4. The van der Waals surface area contributed by atoms with Gasteiger partial charge in [0.15, 0.2) is 0 Å². The van der Waals surface area contributed by atoms with Gasteiger partial charge in [-0.15, -0.1) is 0 Å². The van der Waals surface area contributed by atoms with Crippen molar-refractivity contribution in [2.45, 2.75) is 19.3 Å². The van der Waals surface area contributed by atoms with Crippen LogP contribution in [0.3, 0.4) is 0 Å². The van der Waals surface area contributed by atoms with E-state index in [1.54, 1.807) is 0 Å². The summed E-state index contributed by atoms with van der Waals surface area (Å²) >= 11 is 0. The van der Waals surface area contributed by atoms with E-state index in [9.17, 15) is 0 Å². The number of fused-ring (bicyclic) bond motifs is 7. The quantitative estimate of drug-likeness (QED) is 0.175. The van der Waals surface area contributed by atoms with Crippen molar-refractivity contribution in [3.05, 3.63) is 193 Å². The molecule has 0 spiro atoms. The normalized spacial score (nSPS) is 13.2. The zero-order valence-corrected chi connectivity index (χ0v) is 29.8. The van der Waals surface area contributed by atoms with E-state index in [1.165, 1.54) is 111 Å². The van der Waals surface area contributed by atoms with Crippen molar-refractivity contribution in [3.63, 3.8) is 0 Å². The molecule has 0 saturated heterocycles. The Labute approximate surface area is 310 Å². The third-order valence-corrected chi connectivity index (χ3v) is 12.0. The minimum atomic E-state index is -0.138. The van der Waals surface area contributed by atoms with Crippen LogP contribution in [0.15, 0.2) is 182 Å². The van der Waals surface area contributed by atoms with Gasteiger partial charge in [0.25, 0.3) is 0 Å². The second-order valence-corrected chi connectivity index (χ2v) is 15.1. The van der Waals surface area contributed by atoms with Crippen molar-refractivity contribution in [1.29, 1.82) is 0 Å². The maximum Gasteiger partial charge on any atom is 0.0159 e. The summed E-state index contributed by atoms with van der Waals surface area (Å²) in [5.74, 6) is 0. The van der Waals surface area contributed by atoms with Crippen LogP contribution in [0.25, 0.3) is 99.4 Å². The van der Waals surface area contributed by atoms with Gasteiger partial charge in [0.1, 0.15) is 0 Å². The lowest BCUT2D eigenvalue weighted by Crippen LogP contribution is -2.14. The van der Waals surface area contributed by atoms with Crippen LogP contribution in [-0.4, -0.2) is 0 Å². The fourth-order valence-electron chi connectivity index (χ4n) is 9.68. The first-order valence-electron chi connectivity index (χ1n) is 18.7. The topological polar surface area (TPSA) is 0 Å². The molecule has 0 N–H and O–H groups in total. The fraction of sp³-hybridized carbons (Fsp3) is 0.0566. The molecule has 0 aliphatic heterocycles. The lowest BCUT2D eigenvalue weighted by atomic mass is 9.77. The lowest BCUT2D eigenvalue weighted by molar-refractivity contribution is 0.661. The van der Waals surface area contributed by atoms with E-state index >= 15 is 0 Å². The molecular weight excluding hydrogens is 637 g/mol. The largest absolute Gasteiger partial charge is 0.0622 e. The Balaban J connectivity index is 1.39. The van der Waals surface area contributed by atoms with E-state index in [2.05, 4.69) is 196 Å². The molecule has 0 heterocycles. The minimum absolute atomic E-state index is 0.138. The molecule has 0 saturated carbocycles. The Hall–Kier alpha value is -6.50. The maximum atomic E-state index is 2.57. The van der Waals surface area contributed by atoms with Gasteiger partial charge in [-0.2, -0.15) is 0 Å². The predicted molar refractivity (Wildman–Crippen MR) is 225 cm³/mol. The summed E-state index contributed by atoms with van der Waals surface area (Å²) in [4.78, 5) is 0. The van der Waals surface area contributed by atoms with Crippen LogP contribution in [0, 0.1) is 0 Å². The van der Waals surface area contributed by atoms with E-state index in [4.69, 9.17) is 0 Å². The third-order valence-electron chi connectivity index (χ3n) is 12.0. The minimum Gasteiger partial charge on any atom is -0.0622 e. The van der Waals surface area contributed by atoms with Crippen LogP contribution in [0.1, 0.15) is 25.0 Å². The van der Waals surface area contributed by atoms with Crippen molar-refractivity contribution in [2.75, 3.05) is 0 Å². The molecule has 0 amide bonds. The molecule has 0 atom stereocenters. The molecule has 0 nitrogen and oxygen atoms in total. The van der Waals surface area contributed by atoms with E-state index < -0.39 is 0 Å². The monoisotopic (exact) mass is 672 g/mol. The van der Waals surface area contributed by atoms with Gasteiger partial charge >= 0.3 is 0 Å². The standard InChI is InChI=1S/C53H36/c1-53(2)46-30-14-13-25-38(46)43-31-44-45(32-47(43)53)50(40-27-12-10-24-37(40)34-19-7-4-8-20-34)52-42-29-16-22-35-21-15-28-41(48(35)42)51(52)49(44)39-26-11-9-23-36(39)33-17-5-3-6-18-33/h3-32H,1-2H3. The zero-order valence-electron chi connectivity index (χ0n) is 29.8. The van der Waals surface area contributed by atoms with Gasteiger partial charge in [0.05, 0.1) is 0 Å². The average molecular weight is 673 g/mol. The molecule has 9 aromatic rings. The van der Waals surface area contributed by atoms with Crippen LogP contribution < -0.4 is 0 Å². The average Bonchev–Trinajstić information content (AvgIpc) is 3.66. The van der Waals surface area contributed by atoms with Crippen molar-refractivity contribution in [2.24, 2.45) is 0 Å². The molecule has 0 aromatic heterocycles. The van der Waals surface area contributed by atoms with Gasteiger partial charge < -0.3 is 0 Å². The van der Waals surface area contributed by atoms with E-state index in [1.807, 2.05) is 0 Å². The van der Waals surface area contributed by atoms with Crippen LogP contribution in [0.5, 0.6) is 0 Å². The molecular formula is C53H36. The van der Waals surface area contributed by atoms with Gasteiger partial charge in [0.2, 0.25) is 0 Å². The molecule has 0 fully saturated rings. The predicted octanol–water partition coefficient (Wildman–Crippen LogP) is 14.6. The first-order chi connectivity index (χ1) is 26.1. The summed E-state index contributed by atoms with van der Waals surface area (Å²) < 4.78 is 0. The highest BCUT2D eigenvalue weighted by Gasteiger charge is 2.38. The van der Waals surface area contributed by atoms with E-state index in [0.29, 0.717) is 0 Å². The highest BCUT2D eigenvalue weighted by atomic mass is 14.4. The third kappa shape index (κ3) is 4.24.